The van der Waals surface area contributed by atoms with Crippen molar-refractivity contribution in [2.45, 2.75) is 12.3 Å². The van der Waals surface area contributed by atoms with Gasteiger partial charge in [-0.2, -0.15) is 0 Å². The average Bonchev–Trinajstić information content (AvgIpc) is 2.86. The number of esters is 2. The first kappa shape index (κ1) is 26.3. The molecule has 34 heavy (non-hydrogen) atoms. The van der Waals surface area contributed by atoms with E-state index in [0.29, 0.717) is 23.3 Å². The first-order valence-electron chi connectivity index (χ1n) is 10.1. The SMILES string of the molecule is C#Cc1cc(C(CC(=O)OC)C(=O)OC)cc(-c2cccc([N+](=O)[O-])c2)c1OCOCCOC. The first-order chi connectivity index (χ1) is 16.4. The quantitative estimate of drug-likeness (QED) is 0.115. The highest BCUT2D eigenvalue weighted by molar-refractivity contribution is 5.86. The van der Waals surface area contributed by atoms with Crippen molar-refractivity contribution >= 4 is 17.6 Å². The summed E-state index contributed by atoms with van der Waals surface area (Å²) in [5.41, 5.74) is 1.27. The third kappa shape index (κ3) is 6.78. The summed E-state index contributed by atoms with van der Waals surface area (Å²) in [4.78, 5) is 35.2. The third-order valence-electron chi connectivity index (χ3n) is 4.84. The van der Waals surface area contributed by atoms with E-state index in [1.807, 2.05) is 0 Å². The van der Waals surface area contributed by atoms with Gasteiger partial charge in [-0.25, -0.2) is 0 Å². The molecule has 0 fully saturated rings. The van der Waals surface area contributed by atoms with Crippen LogP contribution in [0.15, 0.2) is 36.4 Å². The van der Waals surface area contributed by atoms with Crippen LogP contribution in [0.5, 0.6) is 5.75 Å². The number of carbonyl (C=O) groups excluding carboxylic acids is 2. The van der Waals surface area contributed by atoms with Gasteiger partial charge in [0.1, 0.15) is 5.75 Å². The predicted molar refractivity (Wildman–Crippen MR) is 121 cm³/mol. The Labute approximate surface area is 196 Å². The van der Waals surface area contributed by atoms with Crippen LogP contribution in [0.3, 0.4) is 0 Å². The molecule has 0 saturated heterocycles. The number of nitro groups is 1. The maximum Gasteiger partial charge on any atom is 0.313 e. The van der Waals surface area contributed by atoms with Crippen LogP contribution in [0.2, 0.25) is 0 Å². The molecule has 0 aliphatic rings. The van der Waals surface area contributed by atoms with E-state index in [9.17, 15) is 19.7 Å². The standard InChI is InChI=1S/C24H25NO9/c1-5-16-11-18(21(24(27)32-4)14-22(26)31-3)13-20(23(16)34-15-33-10-9-30-2)17-7-6-8-19(12-17)25(28)29/h1,6-8,11-13,21H,9-10,14-15H2,2-4H3. The van der Waals surface area contributed by atoms with Gasteiger partial charge < -0.3 is 23.7 Å². The molecule has 0 heterocycles. The normalized spacial score (nSPS) is 11.2. The molecule has 0 spiro atoms. The van der Waals surface area contributed by atoms with E-state index in [0.717, 1.165) is 0 Å². The Hall–Kier alpha value is -3.94. The van der Waals surface area contributed by atoms with Crippen molar-refractivity contribution in [3.63, 3.8) is 0 Å². The monoisotopic (exact) mass is 471 g/mol. The fourth-order valence-corrected chi connectivity index (χ4v) is 3.15. The van der Waals surface area contributed by atoms with Gasteiger partial charge in [0.05, 0.1) is 50.3 Å². The summed E-state index contributed by atoms with van der Waals surface area (Å²) >= 11 is 0. The summed E-state index contributed by atoms with van der Waals surface area (Å²) < 4.78 is 25.7. The van der Waals surface area contributed by atoms with Crippen LogP contribution >= 0.6 is 0 Å². The molecule has 0 aliphatic carbocycles. The van der Waals surface area contributed by atoms with Crippen molar-refractivity contribution in [2.24, 2.45) is 0 Å². The van der Waals surface area contributed by atoms with E-state index in [1.54, 1.807) is 12.1 Å². The summed E-state index contributed by atoms with van der Waals surface area (Å²) in [6.07, 6.45) is 5.44. The Kier molecular flexibility index (Phi) is 10.0. The minimum Gasteiger partial charge on any atom is -0.469 e. The van der Waals surface area contributed by atoms with Gasteiger partial charge in [0.15, 0.2) is 6.79 Å². The third-order valence-corrected chi connectivity index (χ3v) is 4.84. The van der Waals surface area contributed by atoms with Crippen LogP contribution in [-0.4, -0.2) is 58.2 Å². The zero-order valence-electron chi connectivity index (χ0n) is 19.1. The van der Waals surface area contributed by atoms with Gasteiger partial charge >= 0.3 is 11.9 Å². The minimum atomic E-state index is -1.02. The van der Waals surface area contributed by atoms with Crippen molar-refractivity contribution in [3.8, 4) is 29.2 Å². The van der Waals surface area contributed by atoms with Crippen LogP contribution < -0.4 is 4.74 Å². The fourth-order valence-electron chi connectivity index (χ4n) is 3.15. The molecule has 0 amide bonds. The summed E-state index contributed by atoms with van der Waals surface area (Å²) in [7, 11) is 3.94. The Morgan fingerprint density at radius 2 is 1.88 bits per heavy atom. The number of nitrogens with zero attached hydrogens (tertiary/aromatic N) is 1. The number of rotatable bonds is 12. The number of ether oxygens (including phenoxy) is 5. The molecule has 0 aromatic heterocycles. The van der Waals surface area contributed by atoms with E-state index in [4.69, 9.17) is 30.1 Å². The van der Waals surface area contributed by atoms with Gasteiger partial charge in [-0.05, 0) is 23.3 Å². The first-order valence-corrected chi connectivity index (χ1v) is 10.1. The van der Waals surface area contributed by atoms with E-state index < -0.39 is 22.8 Å². The molecule has 0 radical (unpaired) electrons. The van der Waals surface area contributed by atoms with E-state index in [1.165, 1.54) is 45.6 Å². The second kappa shape index (κ2) is 12.9. The van der Waals surface area contributed by atoms with Crippen LogP contribution in [-0.2, 0) is 28.5 Å². The molecule has 10 heteroatoms. The van der Waals surface area contributed by atoms with Crippen molar-refractivity contribution < 1.29 is 38.2 Å². The topological polar surface area (TPSA) is 123 Å². The lowest BCUT2D eigenvalue weighted by atomic mass is 9.89. The molecule has 2 aromatic carbocycles. The molecule has 2 aromatic rings. The van der Waals surface area contributed by atoms with Crippen molar-refractivity contribution in [3.05, 3.63) is 57.6 Å². The molecule has 1 atom stereocenters. The molecular formula is C24H25NO9. The molecule has 2 rings (SSSR count). The highest BCUT2D eigenvalue weighted by Crippen LogP contribution is 2.38. The molecule has 1 unspecified atom stereocenters. The van der Waals surface area contributed by atoms with Gasteiger partial charge in [0.25, 0.3) is 5.69 Å². The Balaban J connectivity index is 2.64. The Morgan fingerprint density at radius 3 is 2.50 bits per heavy atom. The number of hydrogen-bond acceptors (Lipinski definition) is 9. The zero-order valence-corrected chi connectivity index (χ0v) is 19.1. The van der Waals surface area contributed by atoms with Crippen LogP contribution in [0.25, 0.3) is 11.1 Å². The van der Waals surface area contributed by atoms with Gasteiger partial charge in [0.2, 0.25) is 0 Å². The van der Waals surface area contributed by atoms with E-state index in [-0.39, 0.29) is 36.8 Å². The lowest BCUT2D eigenvalue weighted by Crippen LogP contribution is -2.19. The highest BCUT2D eigenvalue weighted by Gasteiger charge is 2.28. The molecule has 0 aliphatic heterocycles. The summed E-state index contributed by atoms with van der Waals surface area (Å²) in [5, 5.41) is 11.3. The predicted octanol–water partition coefficient (Wildman–Crippen LogP) is 3.06. The number of nitro benzene ring substituents is 1. The van der Waals surface area contributed by atoms with Crippen LogP contribution in [0.4, 0.5) is 5.69 Å². The van der Waals surface area contributed by atoms with Crippen LogP contribution in [0, 0.1) is 22.5 Å². The second-order valence-corrected chi connectivity index (χ2v) is 6.92. The second-order valence-electron chi connectivity index (χ2n) is 6.92. The number of terminal acetylenes is 1. The molecular weight excluding hydrogens is 446 g/mol. The van der Waals surface area contributed by atoms with Crippen LogP contribution in [0.1, 0.15) is 23.5 Å². The van der Waals surface area contributed by atoms with Gasteiger partial charge in [0, 0.05) is 24.8 Å². The van der Waals surface area contributed by atoms with Crippen molar-refractivity contribution in [1.82, 2.24) is 0 Å². The van der Waals surface area contributed by atoms with Gasteiger partial charge in [-0.15, -0.1) is 6.42 Å². The summed E-state index contributed by atoms with van der Waals surface area (Å²) in [6.45, 7) is 0.466. The number of methoxy groups -OCH3 is 3. The number of carbonyl (C=O) groups is 2. The lowest BCUT2D eigenvalue weighted by molar-refractivity contribution is -0.384. The van der Waals surface area contributed by atoms with E-state index in [2.05, 4.69) is 5.92 Å². The molecule has 0 bridgehead atoms. The average molecular weight is 471 g/mol. The fraction of sp³-hybridized carbons (Fsp3) is 0.333. The van der Waals surface area contributed by atoms with E-state index >= 15 is 0 Å². The van der Waals surface area contributed by atoms with Crippen molar-refractivity contribution in [1.29, 1.82) is 0 Å². The van der Waals surface area contributed by atoms with Crippen molar-refractivity contribution in [2.75, 3.05) is 41.3 Å². The number of non-ortho nitro benzene ring substituents is 1. The zero-order chi connectivity index (χ0) is 25.1. The highest BCUT2D eigenvalue weighted by atomic mass is 16.7. The van der Waals surface area contributed by atoms with Gasteiger partial charge in [-0.3, -0.25) is 19.7 Å². The molecule has 180 valence electrons. The summed E-state index contributed by atoms with van der Waals surface area (Å²) in [5.74, 6) is 0.420. The number of hydrogen-bond donors (Lipinski definition) is 0. The summed E-state index contributed by atoms with van der Waals surface area (Å²) in [6, 6.07) is 8.95. The molecule has 10 nitrogen and oxygen atoms in total. The maximum atomic E-state index is 12.5. The minimum absolute atomic E-state index is 0.147. The lowest BCUT2D eigenvalue weighted by Gasteiger charge is -2.19. The van der Waals surface area contributed by atoms with Gasteiger partial charge in [-0.1, -0.05) is 18.1 Å². The number of benzene rings is 2. The largest absolute Gasteiger partial charge is 0.469 e. The molecule has 0 N–H and O–H groups in total. The Bertz CT molecular complexity index is 1070. The molecule has 0 saturated carbocycles. The smallest absolute Gasteiger partial charge is 0.313 e. The maximum absolute atomic E-state index is 12.5. The Morgan fingerprint density at radius 1 is 1.12 bits per heavy atom.